The fourth-order valence-corrected chi connectivity index (χ4v) is 1.27. The number of aliphatic hydroxyl groups excluding tert-OH is 2. The predicted molar refractivity (Wildman–Crippen MR) is 66.7 cm³/mol. The van der Waals surface area contributed by atoms with Crippen molar-refractivity contribution in [1.82, 2.24) is 5.32 Å². The molecule has 0 bridgehead atoms. The minimum Gasteiger partial charge on any atom is -0.508 e. The molecule has 0 unspecified atom stereocenters. The Bertz CT molecular complexity index is 444. The van der Waals surface area contributed by atoms with Gasteiger partial charge in [0.05, 0.1) is 12.7 Å². The molecule has 96 valence electrons. The van der Waals surface area contributed by atoms with E-state index in [2.05, 4.69) is 5.32 Å². The molecule has 1 aromatic rings. The second-order valence-corrected chi connectivity index (χ2v) is 4.97. The van der Waals surface area contributed by atoms with Gasteiger partial charge in [0.1, 0.15) is 5.75 Å². The van der Waals surface area contributed by atoms with Crippen LogP contribution in [-0.2, 0) is 6.61 Å². The molecule has 0 radical (unpaired) electrons. The van der Waals surface area contributed by atoms with Gasteiger partial charge < -0.3 is 20.6 Å². The molecule has 1 aromatic carbocycles. The van der Waals surface area contributed by atoms with E-state index >= 15 is 0 Å². The molecule has 1 rings (SSSR count). The number of β-amino-alcohol motifs (C(OH)–C–C–N with tert-alkyl or cyclic N) is 1. The molecule has 4 heteroatoms. The highest BCUT2D eigenvalue weighted by atomic mass is 16.3. The molecule has 0 fully saturated rings. The number of hydrogen-bond donors (Lipinski definition) is 4. The molecule has 4 nitrogen and oxygen atoms in total. The van der Waals surface area contributed by atoms with Crippen molar-refractivity contribution in [2.75, 3.05) is 6.50 Å². The number of rotatable bonds is 4. The molecule has 0 amide bonds. The average molecular weight is 241 g/mol. The van der Waals surface area contributed by atoms with Crippen molar-refractivity contribution in [2.45, 2.75) is 39.0 Å². The molecule has 0 aliphatic rings. The zero-order chi connectivity index (χ0) is 14.8. The van der Waals surface area contributed by atoms with Crippen molar-refractivity contribution in [3.05, 3.63) is 29.3 Å². The van der Waals surface area contributed by atoms with Crippen LogP contribution < -0.4 is 5.32 Å². The van der Waals surface area contributed by atoms with Gasteiger partial charge in [0.25, 0.3) is 0 Å². The molecule has 0 aromatic heterocycles. The Morgan fingerprint density at radius 1 is 1.41 bits per heavy atom. The first-order valence-electron chi connectivity index (χ1n) is 6.47. The summed E-state index contributed by atoms with van der Waals surface area (Å²) >= 11 is 0. The molecule has 17 heavy (non-hydrogen) atoms. The summed E-state index contributed by atoms with van der Waals surface area (Å²) in [5.41, 5.74) is 0.0491. The van der Waals surface area contributed by atoms with Crippen LogP contribution in [0.15, 0.2) is 18.2 Å². The number of aromatic hydroxyl groups is 1. The van der Waals surface area contributed by atoms with Gasteiger partial charge in [-0.15, -0.1) is 0 Å². The van der Waals surface area contributed by atoms with Crippen LogP contribution >= 0.6 is 0 Å². The van der Waals surface area contributed by atoms with Gasteiger partial charge in [0.2, 0.25) is 0 Å². The molecule has 0 spiro atoms. The van der Waals surface area contributed by atoms with Crippen LogP contribution in [0.1, 0.15) is 40.7 Å². The lowest BCUT2D eigenvalue weighted by molar-refractivity contribution is 0.163. The summed E-state index contributed by atoms with van der Waals surface area (Å²) in [5, 5.41) is 31.3. The van der Waals surface area contributed by atoms with Crippen molar-refractivity contribution in [3.8, 4) is 5.75 Å². The third-order valence-electron chi connectivity index (χ3n) is 2.17. The monoisotopic (exact) mass is 241 g/mol. The highest BCUT2D eigenvalue weighted by Gasteiger charge is 2.14. The van der Waals surface area contributed by atoms with Crippen LogP contribution in [0.5, 0.6) is 5.75 Å². The lowest BCUT2D eigenvalue weighted by Crippen LogP contribution is -2.38. The second-order valence-electron chi connectivity index (χ2n) is 4.97. The SMILES string of the molecule is [2H]C([2H])(NC(C)(C)C)[C@H](O)c1ccc(O)c(CO)c1. The maximum Gasteiger partial charge on any atom is 0.121 e. The van der Waals surface area contributed by atoms with E-state index in [1.54, 1.807) is 20.8 Å². The normalized spacial score (nSPS) is 16.3. The third kappa shape index (κ3) is 4.34. The zero-order valence-electron chi connectivity index (χ0n) is 12.4. The van der Waals surface area contributed by atoms with Gasteiger partial charge in [-0.1, -0.05) is 6.07 Å². The van der Waals surface area contributed by atoms with E-state index in [0.29, 0.717) is 5.56 Å². The van der Waals surface area contributed by atoms with Crippen molar-refractivity contribution in [1.29, 1.82) is 0 Å². The number of benzene rings is 1. The van der Waals surface area contributed by atoms with Gasteiger partial charge in [0, 0.05) is 20.3 Å². The Morgan fingerprint density at radius 3 is 2.59 bits per heavy atom. The maximum absolute atomic E-state index is 10.1. The second kappa shape index (κ2) is 5.49. The first-order valence-corrected chi connectivity index (χ1v) is 5.47. The van der Waals surface area contributed by atoms with Crippen molar-refractivity contribution >= 4 is 0 Å². The summed E-state index contributed by atoms with van der Waals surface area (Å²) in [6.45, 7) is 3.00. The van der Waals surface area contributed by atoms with Crippen LogP contribution in [0.2, 0.25) is 0 Å². The van der Waals surface area contributed by atoms with Crippen LogP contribution in [0.25, 0.3) is 0 Å². The average Bonchev–Trinajstić information content (AvgIpc) is 2.25. The van der Waals surface area contributed by atoms with Gasteiger partial charge in [-0.25, -0.2) is 0 Å². The molecule has 0 saturated carbocycles. The molecule has 4 N–H and O–H groups in total. The van der Waals surface area contributed by atoms with Crippen LogP contribution in [0.4, 0.5) is 0 Å². The number of aliphatic hydroxyl groups is 2. The van der Waals surface area contributed by atoms with Crippen molar-refractivity contribution in [2.24, 2.45) is 0 Å². The van der Waals surface area contributed by atoms with E-state index in [1.165, 1.54) is 18.2 Å². The minimum atomic E-state index is -2.03. The summed E-state index contributed by atoms with van der Waals surface area (Å²) in [5.74, 6) is -0.0807. The van der Waals surface area contributed by atoms with Crippen molar-refractivity contribution < 1.29 is 18.1 Å². The van der Waals surface area contributed by atoms with Gasteiger partial charge in [0.15, 0.2) is 0 Å². The van der Waals surface area contributed by atoms with Gasteiger partial charge in [-0.3, -0.25) is 0 Å². The van der Waals surface area contributed by atoms with Gasteiger partial charge in [-0.2, -0.15) is 0 Å². The predicted octanol–water partition coefficient (Wildman–Crippen LogP) is 1.31. The Labute approximate surface area is 105 Å². The minimum absolute atomic E-state index is 0.0807. The fraction of sp³-hybridized carbons (Fsp3) is 0.538. The summed E-state index contributed by atoms with van der Waals surface area (Å²) in [7, 11) is 0. The Hall–Kier alpha value is -1.10. The molecular weight excluding hydrogens is 218 g/mol. The summed E-state index contributed by atoms with van der Waals surface area (Å²) in [6.07, 6.45) is -1.40. The Kier molecular flexibility index (Phi) is 3.56. The zero-order valence-corrected chi connectivity index (χ0v) is 10.4. The third-order valence-corrected chi connectivity index (χ3v) is 2.17. The topological polar surface area (TPSA) is 72.7 Å². The molecule has 0 aliphatic heterocycles. The van der Waals surface area contributed by atoms with E-state index in [-0.39, 0.29) is 17.9 Å². The Morgan fingerprint density at radius 2 is 2.06 bits per heavy atom. The largest absolute Gasteiger partial charge is 0.508 e. The lowest BCUT2D eigenvalue weighted by Gasteiger charge is -2.23. The first-order chi connectivity index (χ1) is 8.57. The Balaban J connectivity index is 3.02. The standard InChI is InChI=1S/C13H21NO3/c1-13(2,3)14-7-12(17)9-4-5-11(16)10(6-9)8-15/h4-6,12,14-17H,7-8H2,1-3H3/t12-/m0/s1/i7D2. The van der Waals surface area contributed by atoms with Crippen LogP contribution in [-0.4, -0.2) is 27.4 Å². The first kappa shape index (κ1) is 11.0. The number of hydrogen-bond acceptors (Lipinski definition) is 4. The molecule has 0 aliphatic carbocycles. The van der Waals surface area contributed by atoms with Crippen LogP contribution in [0.3, 0.4) is 0 Å². The van der Waals surface area contributed by atoms with E-state index < -0.39 is 18.1 Å². The lowest BCUT2D eigenvalue weighted by atomic mass is 10.0. The number of nitrogens with one attached hydrogen (secondary N) is 1. The van der Waals surface area contributed by atoms with E-state index in [4.69, 9.17) is 7.85 Å². The number of phenols is 1. The summed E-state index contributed by atoms with van der Waals surface area (Å²) < 4.78 is 15.8. The van der Waals surface area contributed by atoms with Gasteiger partial charge in [-0.05, 0) is 38.5 Å². The molecule has 0 heterocycles. The van der Waals surface area contributed by atoms with Crippen LogP contribution in [0, 0.1) is 0 Å². The highest BCUT2D eigenvalue weighted by molar-refractivity contribution is 5.36. The summed E-state index contributed by atoms with van der Waals surface area (Å²) in [4.78, 5) is 0. The molecule has 0 saturated heterocycles. The maximum atomic E-state index is 10.1. The quantitative estimate of drug-likeness (QED) is 0.641. The van der Waals surface area contributed by atoms with E-state index in [9.17, 15) is 10.2 Å². The molecule has 1 atom stereocenters. The smallest absolute Gasteiger partial charge is 0.121 e. The van der Waals surface area contributed by atoms with E-state index in [0.717, 1.165) is 0 Å². The van der Waals surface area contributed by atoms with Gasteiger partial charge >= 0.3 is 0 Å². The highest BCUT2D eigenvalue weighted by Crippen LogP contribution is 2.22. The molecular formula is C13H21NO3. The fourth-order valence-electron chi connectivity index (χ4n) is 1.27. The van der Waals surface area contributed by atoms with Crippen molar-refractivity contribution in [3.63, 3.8) is 0 Å². The summed E-state index contributed by atoms with van der Waals surface area (Å²) in [6, 6.07) is 4.15. The van der Waals surface area contributed by atoms with E-state index in [1.807, 2.05) is 0 Å².